The average Bonchev–Trinajstić information content (AvgIpc) is 2.68. The molecule has 0 spiro atoms. The Bertz CT molecular complexity index is 909. The van der Waals surface area contributed by atoms with E-state index in [1.54, 1.807) is 30.3 Å². The van der Waals surface area contributed by atoms with Crippen molar-refractivity contribution in [3.8, 4) is 11.1 Å². The van der Waals surface area contributed by atoms with Crippen LogP contribution in [0, 0.1) is 0 Å². The van der Waals surface area contributed by atoms with Crippen LogP contribution in [-0.4, -0.2) is 22.2 Å². The molecule has 0 aliphatic heterocycles. The van der Waals surface area contributed by atoms with E-state index in [-0.39, 0.29) is 12.3 Å². The second-order valence-corrected chi connectivity index (χ2v) is 5.50. The second-order valence-electron chi connectivity index (χ2n) is 5.50. The van der Waals surface area contributed by atoms with Gasteiger partial charge in [-0.15, -0.1) is 0 Å². The van der Waals surface area contributed by atoms with Crippen molar-refractivity contribution >= 4 is 17.7 Å². The lowest BCUT2D eigenvalue weighted by Gasteiger charge is -2.08. The molecule has 26 heavy (non-hydrogen) atoms. The van der Waals surface area contributed by atoms with Crippen molar-refractivity contribution in [1.82, 2.24) is 4.98 Å². The van der Waals surface area contributed by atoms with E-state index in [4.69, 9.17) is 9.84 Å². The molecule has 2 N–H and O–H groups in total. The van der Waals surface area contributed by atoms with Crippen molar-refractivity contribution in [1.29, 1.82) is 0 Å². The monoisotopic (exact) mass is 348 g/mol. The van der Waals surface area contributed by atoms with E-state index in [1.807, 2.05) is 30.3 Å². The predicted octanol–water partition coefficient (Wildman–Crippen LogP) is 4.20. The molecule has 6 nitrogen and oxygen atoms in total. The number of pyridine rings is 1. The molecule has 0 saturated heterocycles. The van der Waals surface area contributed by atoms with Gasteiger partial charge >= 0.3 is 12.1 Å². The molecule has 1 heterocycles. The molecule has 0 aliphatic carbocycles. The number of rotatable bonds is 5. The number of aromatic carboxylic acids is 1. The van der Waals surface area contributed by atoms with Gasteiger partial charge in [0.25, 0.3) is 0 Å². The fraction of sp³-hybridized carbons (Fsp3) is 0.0500. The minimum absolute atomic E-state index is 0.0193. The first-order chi connectivity index (χ1) is 12.6. The number of hydrogen-bond acceptors (Lipinski definition) is 4. The molecule has 3 aromatic rings. The van der Waals surface area contributed by atoms with Crippen molar-refractivity contribution in [2.24, 2.45) is 0 Å². The third kappa shape index (κ3) is 4.45. The molecule has 3 rings (SSSR count). The number of carboxylic acid groups (broad SMARTS) is 1. The number of carbonyl (C=O) groups is 2. The number of ether oxygens (including phenoxy) is 1. The standard InChI is InChI=1S/C20H16N2O4/c23-19(24)18-12-16(10-11-21-18)15-6-8-17(9-7-15)22-20(25)26-13-14-4-2-1-3-5-14/h1-12H,13H2,(H,22,25)(H,23,24). The summed E-state index contributed by atoms with van der Waals surface area (Å²) in [6, 6.07) is 19.6. The quantitative estimate of drug-likeness (QED) is 0.721. The summed E-state index contributed by atoms with van der Waals surface area (Å²) in [6.45, 7) is 0.194. The Labute approximate surface area is 150 Å². The topological polar surface area (TPSA) is 88.5 Å². The van der Waals surface area contributed by atoms with E-state index >= 15 is 0 Å². The van der Waals surface area contributed by atoms with E-state index in [0.717, 1.165) is 16.7 Å². The number of nitrogens with zero attached hydrogens (tertiary/aromatic N) is 1. The molecule has 1 aromatic heterocycles. The first-order valence-electron chi connectivity index (χ1n) is 7.89. The van der Waals surface area contributed by atoms with Gasteiger partial charge < -0.3 is 9.84 Å². The Balaban J connectivity index is 1.61. The van der Waals surface area contributed by atoms with Gasteiger partial charge in [-0.25, -0.2) is 14.6 Å². The van der Waals surface area contributed by atoms with Crippen LogP contribution in [0.3, 0.4) is 0 Å². The summed E-state index contributed by atoms with van der Waals surface area (Å²) >= 11 is 0. The van der Waals surface area contributed by atoms with Crippen LogP contribution in [0.15, 0.2) is 72.9 Å². The van der Waals surface area contributed by atoms with Crippen LogP contribution in [0.2, 0.25) is 0 Å². The normalized spacial score (nSPS) is 10.2. The molecule has 0 fully saturated rings. The maximum atomic E-state index is 11.9. The Morgan fingerprint density at radius 3 is 2.38 bits per heavy atom. The molecule has 130 valence electrons. The highest BCUT2D eigenvalue weighted by atomic mass is 16.5. The van der Waals surface area contributed by atoms with Crippen LogP contribution in [0.5, 0.6) is 0 Å². The van der Waals surface area contributed by atoms with Gasteiger partial charge in [0, 0.05) is 11.9 Å². The smallest absolute Gasteiger partial charge is 0.411 e. The highest BCUT2D eigenvalue weighted by Crippen LogP contribution is 2.22. The first-order valence-corrected chi connectivity index (χ1v) is 7.89. The molecular formula is C20H16N2O4. The second kappa shape index (κ2) is 7.94. The lowest BCUT2D eigenvalue weighted by Crippen LogP contribution is -2.13. The van der Waals surface area contributed by atoms with Crippen molar-refractivity contribution < 1.29 is 19.4 Å². The van der Waals surface area contributed by atoms with Crippen molar-refractivity contribution in [3.05, 3.63) is 84.2 Å². The summed E-state index contributed by atoms with van der Waals surface area (Å²) in [5, 5.41) is 11.7. The van der Waals surface area contributed by atoms with E-state index in [2.05, 4.69) is 10.3 Å². The molecular weight excluding hydrogens is 332 g/mol. The lowest BCUT2D eigenvalue weighted by molar-refractivity contribution is 0.0690. The van der Waals surface area contributed by atoms with Crippen molar-refractivity contribution in [2.75, 3.05) is 5.32 Å². The minimum Gasteiger partial charge on any atom is -0.477 e. The Morgan fingerprint density at radius 1 is 0.962 bits per heavy atom. The Morgan fingerprint density at radius 2 is 1.69 bits per heavy atom. The zero-order valence-corrected chi connectivity index (χ0v) is 13.8. The van der Waals surface area contributed by atoms with Crippen LogP contribution in [0.1, 0.15) is 16.1 Å². The van der Waals surface area contributed by atoms with Crippen molar-refractivity contribution in [2.45, 2.75) is 6.61 Å². The number of carbonyl (C=O) groups excluding carboxylic acids is 1. The number of anilines is 1. The molecule has 0 unspecified atom stereocenters. The zero-order valence-electron chi connectivity index (χ0n) is 13.8. The van der Waals surface area contributed by atoms with Gasteiger partial charge in [-0.1, -0.05) is 42.5 Å². The fourth-order valence-corrected chi connectivity index (χ4v) is 2.35. The number of aromatic nitrogens is 1. The molecule has 1 amide bonds. The maximum Gasteiger partial charge on any atom is 0.411 e. The van der Waals surface area contributed by atoms with E-state index in [1.165, 1.54) is 12.3 Å². The van der Waals surface area contributed by atoms with Crippen LogP contribution in [0.4, 0.5) is 10.5 Å². The summed E-state index contributed by atoms with van der Waals surface area (Å²) in [4.78, 5) is 26.6. The SMILES string of the molecule is O=C(Nc1ccc(-c2ccnc(C(=O)O)c2)cc1)OCc1ccccc1. The average molecular weight is 348 g/mol. The Kier molecular flexibility index (Phi) is 5.24. The van der Waals surface area contributed by atoms with Gasteiger partial charge in [-0.2, -0.15) is 0 Å². The molecule has 0 radical (unpaired) electrons. The van der Waals surface area contributed by atoms with Gasteiger partial charge in [0.15, 0.2) is 0 Å². The van der Waals surface area contributed by atoms with Crippen LogP contribution in [0.25, 0.3) is 11.1 Å². The molecule has 0 aliphatic rings. The third-order valence-electron chi connectivity index (χ3n) is 3.66. The minimum atomic E-state index is -1.08. The Hall–Kier alpha value is -3.67. The summed E-state index contributed by atoms with van der Waals surface area (Å²) in [5.41, 5.74) is 3.02. The molecule has 0 atom stereocenters. The summed E-state index contributed by atoms with van der Waals surface area (Å²) in [6.07, 6.45) is 0.907. The first kappa shape index (κ1) is 17.2. The van der Waals surface area contributed by atoms with E-state index < -0.39 is 12.1 Å². The summed E-state index contributed by atoms with van der Waals surface area (Å²) in [7, 11) is 0. The molecule has 0 bridgehead atoms. The summed E-state index contributed by atoms with van der Waals surface area (Å²) in [5.74, 6) is -1.08. The predicted molar refractivity (Wildman–Crippen MR) is 96.9 cm³/mol. The van der Waals surface area contributed by atoms with Gasteiger partial charge in [0.1, 0.15) is 12.3 Å². The summed E-state index contributed by atoms with van der Waals surface area (Å²) < 4.78 is 5.17. The highest BCUT2D eigenvalue weighted by Gasteiger charge is 2.07. The van der Waals surface area contributed by atoms with Gasteiger partial charge in [-0.05, 0) is 41.0 Å². The highest BCUT2D eigenvalue weighted by molar-refractivity contribution is 5.87. The zero-order chi connectivity index (χ0) is 18.4. The number of benzene rings is 2. The number of carboxylic acids is 1. The van der Waals surface area contributed by atoms with E-state index in [0.29, 0.717) is 5.69 Å². The van der Waals surface area contributed by atoms with Crippen LogP contribution < -0.4 is 5.32 Å². The van der Waals surface area contributed by atoms with Gasteiger partial charge in [0.05, 0.1) is 0 Å². The lowest BCUT2D eigenvalue weighted by atomic mass is 10.1. The maximum absolute atomic E-state index is 11.9. The van der Waals surface area contributed by atoms with E-state index in [9.17, 15) is 9.59 Å². The van der Waals surface area contributed by atoms with Crippen molar-refractivity contribution in [3.63, 3.8) is 0 Å². The van der Waals surface area contributed by atoms with Gasteiger partial charge in [0.2, 0.25) is 0 Å². The van der Waals surface area contributed by atoms with Crippen LogP contribution >= 0.6 is 0 Å². The molecule has 0 saturated carbocycles. The molecule has 6 heteroatoms. The largest absolute Gasteiger partial charge is 0.477 e. The van der Waals surface area contributed by atoms with Gasteiger partial charge in [-0.3, -0.25) is 5.32 Å². The molecule has 2 aromatic carbocycles. The fourth-order valence-electron chi connectivity index (χ4n) is 2.35. The number of amides is 1. The number of nitrogens with one attached hydrogen (secondary N) is 1. The third-order valence-corrected chi connectivity index (χ3v) is 3.66. The van der Waals surface area contributed by atoms with Crippen LogP contribution in [-0.2, 0) is 11.3 Å². The number of hydrogen-bond donors (Lipinski definition) is 2.